The lowest BCUT2D eigenvalue weighted by molar-refractivity contribution is 0.0260. The van der Waals surface area contributed by atoms with Crippen molar-refractivity contribution in [1.82, 2.24) is 9.62 Å². The normalized spacial score (nSPS) is 19.6. The van der Waals surface area contributed by atoms with Crippen LogP contribution in [0, 0.1) is 0 Å². The van der Waals surface area contributed by atoms with E-state index in [4.69, 9.17) is 9.47 Å². The van der Waals surface area contributed by atoms with Crippen molar-refractivity contribution >= 4 is 15.9 Å². The molecular formula is C25H32N2O5S. The summed E-state index contributed by atoms with van der Waals surface area (Å²) in [5.41, 5.74) is 0.657. The Bertz CT molecular complexity index is 1120. The summed E-state index contributed by atoms with van der Waals surface area (Å²) in [6.45, 7) is 5.46. The Morgan fingerprint density at radius 1 is 1.15 bits per heavy atom. The van der Waals surface area contributed by atoms with Crippen molar-refractivity contribution in [2.45, 2.75) is 62.5 Å². The van der Waals surface area contributed by atoms with Crippen molar-refractivity contribution < 1.29 is 22.7 Å². The minimum absolute atomic E-state index is 0.0495. The lowest BCUT2D eigenvalue weighted by Gasteiger charge is -2.41. The molecule has 1 atom stereocenters. The van der Waals surface area contributed by atoms with Crippen LogP contribution in [0.5, 0.6) is 11.5 Å². The second-order valence-electron chi connectivity index (χ2n) is 8.77. The van der Waals surface area contributed by atoms with Crippen molar-refractivity contribution in [2.24, 2.45) is 0 Å². The summed E-state index contributed by atoms with van der Waals surface area (Å²) in [5, 5.41) is 0. The Balaban J connectivity index is 1.67. The molecule has 2 heterocycles. The fourth-order valence-electron chi connectivity index (χ4n) is 4.77. The Morgan fingerprint density at radius 2 is 1.85 bits per heavy atom. The van der Waals surface area contributed by atoms with Crippen LogP contribution < -0.4 is 14.2 Å². The molecule has 0 aromatic heterocycles. The van der Waals surface area contributed by atoms with E-state index in [1.807, 2.05) is 24.3 Å². The van der Waals surface area contributed by atoms with E-state index in [1.54, 1.807) is 11.0 Å². The van der Waals surface area contributed by atoms with Crippen molar-refractivity contribution in [3.8, 4) is 11.5 Å². The van der Waals surface area contributed by atoms with Crippen LogP contribution in [0.15, 0.2) is 47.4 Å². The number of carbonyl (C=O) groups excluding carboxylic acids is 1. The highest BCUT2D eigenvalue weighted by Crippen LogP contribution is 2.43. The van der Waals surface area contributed by atoms with Gasteiger partial charge in [-0.1, -0.05) is 32.0 Å². The van der Waals surface area contributed by atoms with Gasteiger partial charge in [0.2, 0.25) is 10.0 Å². The van der Waals surface area contributed by atoms with Crippen molar-refractivity contribution in [3.05, 3.63) is 53.6 Å². The van der Waals surface area contributed by atoms with Gasteiger partial charge in [0, 0.05) is 25.1 Å². The zero-order chi connectivity index (χ0) is 23.6. The van der Waals surface area contributed by atoms with Crippen LogP contribution in [0.2, 0.25) is 0 Å². The first-order chi connectivity index (χ1) is 15.8. The lowest BCUT2D eigenvalue weighted by Crippen LogP contribution is -2.44. The molecule has 0 unspecified atom stereocenters. The van der Waals surface area contributed by atoms with Gasteiger partial charge in [0.25, 0.3) is 5.91 Å². The van der Waals surface area contributed by atoms with Gasteiger partial charge < -0.3 is 14.4 Å². The first-order valence-corrected chi connectivity index (χ1v) is 13.1. The molecule has 33 heavy (non-hydrogen) atoms. The highest BCUT2D eigenvalue weighted by atomic mass is 32.2. The van der Waals surface area contributed by atoms with Gasteiger partial charge in [-0.3, -0.25) is 4.79 Å². The van der Waals surface area contributed by atoms with E-state index < -0.39 is 21.7 Å². The van der Waals surface area contributed by atoms with E-state index >= 15 is 0 Å². The zero-order valence-corrected chi connectivity index (χ0v) is 20.3. The third-order valence-electron chi connectivity index (χ3n) is 6.89. The topological polar surface area (TPSA) is 84.9 Å². The number of methoxy groups -OCH3 is 1. The number of hydrogen-bond acceptors (Lipinski definition) is 5. The van der Waals surface area contributed by atoms with Gasteiger partial charge in [-0.2, -0.15) is 0 Å². The maximum atomic E-state index is 13.5. The van der Waals surface area contributed by atoms with Crippen molar-refractivity contribution in [2.75, 3.05) is 20.2 Å². The number of nitrogens with one attached hydrogen (secondary N) is 1. The lowest BCUT2D eigenvalue weighted by atomic mass is 9.84. The maximum Gasteiger partial charge on any atom is 0.257 e. The third-order valence-corrected chi connectivity index (χ3v) is 8.36. The number of rotatable bonds is 7. The van der Waals surface area contributed by atoms with Gasteiger partial charge in [0.15, 0.2) is 0 Å². The third kappa shape index (κ3) is 4.59. The van der Waals surface area contributed by atoms with E-state index in [2.05, 4.69) is 18.6 Å². The second kappa shape index (κ2) is 9.35. The fourth-order valence-corrected chi connectivity index (χ4v) is 6.01. The molecule has 178 valence electrons. The maximum absolute atomic E-state index is 13.5. The van der Waals surface area contributed by atoms with Gasteiger partial charge in [-0.05, 0) is 49.9 Å². The number of hydrogen-bond donors (Lipinski definition) is 1. The van der Waals surface area contributed by atoms with E-state index in [-0.39, 0.29) is 16.4 Å². The first-order valence-electron chi connectivity index (χ1n) is 11.6. The molecule has 2 aromatic carbocycles. The van der Waals surface area contributed by atoms with Crippen LogP contribution in [0.3, 0.4) is 0 Å². The predicted molar refractivity (Wildman–Crippen MR) is 126 cm³/mol. The van der Waals surface area contributed by atoms with Crippen LogP contribution in [-0.4, -0.2) is 45.0 Å². The van der Waals surface area contributed by atoms with E-state index in [0.29, 0.717) is 31.0 Å². The SMILES string of the molecule is CCC1(CC)C[C@H](NS(=O)(=O)c2ccc(OC)c(C(=O)N3CCCC3)c2)c2ccccc2O1. The summed E-state index contributed by atoms with van der Waals surface area (Å²) in [4.78, 5) is 14.8. The average Bonchev–Trinajstić information content (AvgIpc) is 3.38. The van der Waals surface area contributed by atoms with E-state index in [9.17, 15) is 13.2 Å². The summed E-state index contributed by atoms with van der Waals surface area (Å²) in [6.07, 6.45) is 3.98. The van der Waals surface area contributed by atoms with Crippen LogP contribution >= 0.6 is 0 Å². The summed E-state index contributed by atoms with van der Waals surface area (Å²) in [7, 11) is -2.42. The fraction of sp³-hybridized carbons (Fsp3) is 0.480. The Morgan fingerprint density at radius 3 is 2.52 bits per heavy atom. The van der Waals surface area contributed by atoms with Crippen LogP contribution in [0.1, 0.15) is 67.9 Å². The number of fused-ring (bicyclic) bond motifs is 1. The standard InChI is InChI=1S/C25H32N2O5S/c1-4-25(5-2)17-21(19-10-6-7-11-23(19)32-25)26-33(29,30)18-12-13-22(31-3)20(16-18)24(28)27-14-8-9-15-27/h6-7,10-13,16,21,26H,4-5,8-9,14-15,17H2,1-3H3/t21-/m0/s1. The second-order valence-corrected chi connectivity index (χ2v) is 10.5. The van der Waals surface area contributed by atoms with Crippen LogP contribution in [0.25, 0.3) is 0 Å². The summed E-state index contributed by atoms with van der Waals surface area (Å²) in [5.74, 6) is 0.881. The van der Waals surface area contributed by atoms with Crippen molar-refractivity contribution in [1.29, 1.82) is 0 Å². The first kappa shape index (κ1) is 23.6. The molecule has 2 aliphatic rings. The summed E-state index contributed by atoms with van der Waals surface area (Å²) < 4.78 is 41.5. The van der Waals surface area contributed by atoms with E-state index in [1.165, 1.54) is 19.2 Å². The van der Waals surface area contributed by atoms with Crippen molar-refractivity contribution in [3.63, 3.8) is 0 Å². The van der Waals surface area contributed by atoms with Gasteiger partial charge in [0.05, 0.1) is 23.6 Å². The van der Waals surface area contributed by atoms with Gasteiger partial charge in [-0.15, -0.1) is 0 Å². The number of ether oxygens (including phenoxy) is 2. The Kier molecular flexibility index (Phi) is 6.68. The molecule has 0 radical (unpaired) electrons. The number of amides is 1. The summed E-state index contributed by atoms with van der Waals surface area (Å²) in [6, 6.07) is 11.6. The van der Waals surface area contributed by atoms with E-state index in [0.717, 1.165) is 31.2 Å². The number of nitrogens with zero attached hydrogens (tertiary/aromatic N) is 1. The molecule has 2 aromatic rings. The molecule has 8 heteroatoms. The minimum atomic E-state index is -3.91. The molecule has 0 aliphatic carbocycles. The molecule has 1 fully saturated rings. The molecule has 7 nitrogen and oxygen atoms in total. The van der Waals surface area contributed by atoms with Gasteiger partial charge >= 0.3 is 0 Å². The summed E-state index contributed by atoms with van der Waals surface area (Å²) >= 11 is 0. The monoisotopic (exact) mass is 472 g/mol. The molecule has 0 saturated carbocycles. The molecule has 4 rings (SSSR count). The molecule has 0 spiro atoms. The van der Waals surface area contributed by atoms with Gasteiger partial charge in [-0.25, -0.2) is 13.1 Å². The number of sulfonamides is 1. The van der Waals surface area contributed by atoms with Gasteiger partial charge in [0.1, 0.15) is 17.1 Å². The molecule has 0 bridgehead atoms. The minimum Gasteiger partial charge on any atom is -0.496 e. The quantitative estimate of drug-likeness (QED) is 0.650. The molecule has 1 N–H and O–H groups in total. The highest BCUT2D eigenvalue weighted by molar-refractivity contribution is 7.89. The smallest absolute Gasteiger partial charge is 0.257 e. The molecular weight excluding hydrogens is 440 g/mol. The molecule has 1 saturated heterocycles. The number of carbonyl (C=O) groups is 1. The van der Waals surface area contributed by atoms with Crippen LogP contribution in [-0.2, 0) is 10.0 Å². The molecule has 1 amide bonds. The molecule has 2 aliphatic heterocycles. The highest BCUT2D eigenvalue weighted by Gasteiger charge is 2.40. The largest absolute Gasteiger partial charge is 0.496 e. The van der Waals surface area contributed by atoms with Crippen LogP contribution in [0.4, 0.5) is 0 Å². The number of para-hydroxylation sites is 1. The Hall–Kier alpha value is -2.58. The average molecular weight is 473 g/mol. The number of likely N-dealkylation sites (tertiary alicyclic amines) is 1. The zero-order valence-electron chi connectivity index (χ0n) is 19.5. The number of benzene rings is 2. The predicted octanol–water partition coefficient (Wildman–Crippen LogP) is 4.29. The Labute approximate surface area is 196 Å².